The van der Waals surface area contributed by atoms with Gasteiger partial charge in [-0.2, -0.15) is 0 Å². The maximum Gasteiger partial charge on any atom is 0.322 e. The predicted molar refractivity (Wildman–Crippen MR) is 49.1 cm³/mol. The third kappa shape index (κ3) is 6.99. The van der Waals surface area contributed by atoms with Gasteiger partial charge in [0, 0.05) is 0 Å². The predicted octanol–water partition coefficient (Wildman–Crippen LogP) is 0.0772. The van der Waals surface area contributed by atoms with Gasteiger partial charge in [0.2, 0.25) is 0 Å². The van der Waals surface area contributed by atoms with E-state index in [4.69, 9.17) is 15.9 Å². The molecule has 0 saturated carbocycles. The van der Waals surface area contributed by atoms with E-state index in [9.17, 15) is 4.79 Å². The van der Waals surface area contributed by atoms with Crippen LogP contribution in [0.5, 0.6) is 0 Å². The molecular formula is C9H13NO3. The molecule has 1 atom stereocenters. The van der Waals surface area contributed by atoms with E-state index in [1.807, 2.05) is 36.4 Å². The van der Waals surface area contributed by atoms with Crippen LogP contribution in [0.2, 0.25) is 0 Å². The van der Waals surface area contributed by atoms with Crippen LogP contribution in [0.3, 0.4) is 0 Å². The molecule has 1 rings (SSSR count). The first-order valence-electron chi connectivity index (χ1n) is 3.77. The molecule has 0 heterocycles. The van der Waals surface area contributed by atoms with E-state index in [-0.39, 0.29) is 0 Å². The standard InChI is InChI=1S/C6H6.C3H7NO3/c1-2-4-6-5-3-1;4-2(1-5)3(6)7/h1-6H;2,5H,1,4H2,(H,6,7)/t;2-/m.0/s1. The van der Waals surface area contributed by atoms with Gasteiger partial charge in [0.25, 0.3) is 0 Å². The third-order valence-corrected chi connectivity index (χ3v) is 1.18. The second-order valence-corrected chi connectivity index (χ2v) is 2.28. The highest BCUT2D eigenvalue weighted by Crippen LogP contribution is 1.79. The number of carboxylic acid groups (broad SMARTS) is 1. The molecule has 1 aromatic rings. The topological polar surface area (TPSA) is 83.5 Å². The van der Waals surface area contributed by atoms with Gasteiger partial charge in [-0.05, 0) is 0 Å². The van der Waals surface area contributed by atoms with Gasteiger partial charge in [-0.15, -0.1) is 0 Å². The monoisotopic (exact) mass is 183 g/mol. The number of rotatable bonds is 2. The molecule has 0 fully saturated rings. The molecule has 0 aliphatic rings. The Bertz CT molecular complexity index is 199. The largest absolute Gasteiger partial charge is 0.480 e. The molecule has 4 heteroatoms. The Morgan fingerprint density at radius 1 is 1.15 bits per heavy atom. The molecule has 0 spiro atoms. The molecule has 0 aliphatic heterocycles. The van der Waals surface area contributed by atoms with Crippen LogP contribution in [0.15, 0.2) is 36.4 Å². The lowest BCUT2D eigenvalue weighted by molar-refractivity contribution is -0.139. The van der Waals surface area contributed by atoms with Crippen molar-refractivity contribution in [2.75, 3.05) is 6.61 Å². The quantitative estimate of drug-likeness (QED) is 0.606. The summed E-state index contributed by atoms with van der Waals surface area (Å²) >= 11 is 0. The van der Waals surface area contributed by atoms with Crippen molar-refractivity contribution in [3.8, 4) is 0 Å². The molecule has 4 N–H and O–H groups in total. The van der Waals surface area contributed by atoms with Gasteiger partial charge in [0.05, 0.1) is 6.61 Å². The summed E-state index contributed by atoms with van der Waals surface area (Å²) in [5.74, 6) is -1.18. The average molecular weight is 183 g/mol. The lowest BCUT2D eigenvalue weighted by atomic mass is 10.3. The zero-order chi connectivity index (χ0) is 10.1. The molecular weight excluding hydrogens is 170 g/mol. The molecule has 0 bridgehead atoms. The van der Waals surface area contributed by atoms with E-state index in [0.29, 0.717) is 0 Å². The minimum absolute atomic E-state index is 0.505. The Morgan fingerprint density at radius 3 is 1.54 bits per heavy atom. The Hall–Kier alpha value is -1.39. The van der Waals surface area contributed by atoms with Crippen LogP contribution in [0.1, 0.15) is 0 Å². The van der Waals surface area contributed by atoms with E-state index in [0.717, 1.165) is 0 Å². The van der Waals surface area contributed by atoms with Gasteiger partial charge in [-0.3, -0.25) is 4.79 Å². The Kier molecular flexibility index (Phi) is 6.49. The first kappa shape index (κ1) is 11.6. The van der Waals surface area contributed by atoms with Gasteiger partial charge in [-0.1, -0.05) is 36.4 Å². The van der Waals surface area contributed by atoms with Crippen molar-refractivity contribution in [1.29, 1.82) is 0 Å². The Balaban J connectivity index is 0.000000223. The second-order valence-electron chi connectivity index (χ2n) is 2.28. The SMILES string of the molecule is N[C@@H](CO)C(=O)O.c1ccccc1. The zero-order valence-electron chi connectivity index (χ0n) is 7.13. The molecule has 0 radical (unpaired) electrons. The van der Waals surface area contributed by atoms with Gasteiger partial charge < -0.3 is 15.9 Å². The highest BCUT2D eigenvalue weighted by Gasteiger charge is 2.06. The first-order chi connectivity index (χ1) is 6.18. The summed E-state index contributed by atoms with van der Waals surface area (Å²) < 4.78 is 0. The number of nitrogens with two attached hydrogens (primary N) is 1. The molecule has 0 amide bonds. The van der Waals surface area contributed by atoms with E-state index in [1.54, 1.807) is 0 Å². The summed E-state index contributed by atoms with van der Waals surface area (Å²) in [6.45, 7) is -0.505. The molecule has 1 aromatic carbocycles. The Labute approximate surface area is 76.6 Å². The summed E-state index contributed by atoms with van der Waals surface area (Å²) in [4.78, 5) is 9.65. The van der Waals surface area contributed by atoms with Gasteiger partial charge >= 0.3 is 5.97 Å². The fourth-order valence-electron chi connectivity index (χ4n) is 0.463. The van der Waals surface area contributed by atoms with Crippen molar-refractivity contribution in [3.63, 3.8) is 0 Å². The lowest BCUT2D eigenvalue weighted by Gasteiger charge is -1.96. The number of hydrogen-bond acceptors (Lipinski definition) is 3. The molecule has 72 valence electrons. The van der Waals surface area contributed by atoms with Crippen molar-refractivity contribution in [1.82, 2.24) is 0 Å². The number of aliphatic hydroxyl groups is 1. The van der Waals surface area contributed by atoms with Crippen LogP contribution in [0.4, 0.5) is 0 Å². The van der Waals surface area contributed by atoms with Crippen molar-refractivity contribution < 1.29 is 15.0 Å². The molecule has 0 saturated heterocycles. The molecule has 0 aromatic heterocycles. The molecule has 0 aliphatic carbocycles. The number of hydrogen-bond donors (Lipinski definition) is 3. The van der Waals surface area contributed by atoms with E-state index >= 15 is 0 Å². The number of carboxylic acids is 1. The number of aliphatic hydroxyl groups excluding tert-OH is 1. The average Bonchev–Trinajstić information content (AvgIpc) is 2.20. The van der Waals surface area contributed by atoms with Crippen molar-refractivity contribution in [3.05, 3.63) is 36.4 Å². The second kappa shape index (κ2) is 7.27. The Morgan fingerprint density at radius 2 is 1.46 bits per heavy atom. The van der Waals surface area contributed by atoms with E-state index in [1.165, 1.54) is 0 Å². The summed E-state index contributed by atoms with van der Waals surface area (Å²) in [7, 11) is 0. The lowest BCUT2D eigenvalue weighted by Crippen LogP contribution is -2.33. The minimum atomic E-state index is -1.18. The maximum atomic E-state index is 9.65. The van der Waals surface area contributed by atoms with Crippen LogP contribution >= 0.6 is 0 Å². The van der Waals surface area contributed by atoms with Crippen molar-refractivity contribution in [2.24, 2.45) is 5.73 Å². The minimum Gasteiger partial charge on any atom is -0.480 e. The van der Waals surface area contributed by atoms with Crippen LogP contribution in [-0.2, 0) is 4.79 Å². The summed E-state index contributed by atoms with van der Waals surface area (Å²) in [5.41, 5.74) is 4.77. The smallest absolute Gasteiger partial charge is 0.322 e. The highest BCUT2D eigenvalue weighted by molar-refractivity contribution is 5.73. The molecule has 4 nitrogen and oxygen atoms in total. The number of benzene rings is 1. The maximum absolute atomic E-state index is 9.65. The summed E-state index contributed by atoms with van der Waals surface area (Å²) in [5, 5.41) is 15.9. The fourth-order valence-corrected chi connectivity index (χ4v) is 0.463. The van der Waals surface area contributed by atoms with Crippen molar-refractivity contribution in [2.45, 2.75) is 6.04 Å². The normalized spacial score (nSPS) is 10.9. The van der Waals surface area contributed by atoms with Crippen LogP contribution in [0.25, 0.3) is 0 Å². The van der Waals surface area contributed by atoms with E-state index in [2.05, 4.69) is 0 Å². The van der Waals surface area contributed by atoms with Gasteiger partial charge in [0.1, 0.15) is 6.04 Å². The van der Waals surface area contributed by atoms with Crippen LogP contribution < -0.4 is 5.73 Å². The van der Waals surface area contributed by atoms with Gasteiger partial charge in [0.15, 0.2) is 0 Å². The van der Waals surface area contributed by atoms with Gasteiger partial charge in [-0.25, -0.2) is 0 Å². The summed E-state index contributed by atoms with van der Waals surface area (Å²) in [6.07, 6.45) is 0. The van der Waals surface area contributed by atoms with Crippen LogP contribution in [0, 0.1) is 0 Å². The van der Waals surface area contributed by atoms with Crippen molar-refractivity contribution >= 4 is 5.97 Å². The first-order valence-corrected chi connectivity index (χ1v) is 3.77. The van der Waals surface area contributed by atoms with Crippen LogP contribution in [-0.4, -0.2) is 28.8 Å². The number of carbonyl (C=O) groups is 1. The summed E-state index contributed by atoms with van der Waals surface area (Å²) in [6, 6.07) is 10.9. The van der Waals surface area contributed by atoms with E-state index < -0.39 is 18.6 Å². The highest BCUT2D eigenvalue weighted by atomic mass is 16.4. The molecule has 0 unspecified atom stereocenters. The fraction of sp³-hybridized carbons (Fsp3) is 0.222. The third-order valence-electron chi connectivity index (χ3n) is 1.18. The number of aliphatic carboxylic acids is 1. The zero-order valence-corrected chi connectivity index (χ0v) is 7.13. The molecule has 13 heavy (non-hydrogen) atoms.